The molecule has 3 aliphatic rings. The fourth-order valence-corrected chi connectivity index (χ4v) is 8.05. The molecule has 2 N–H and O–H groups in total. The van der Waals surface area contributed by atoms with Gasteiger partial charge < -0.3 is 43.1 Å². The number of fused-ring (bicyclic) bond motifs is 1. The molecule has 2 aromatic rings. The average Bonchev–Trinajstić information content (AvgIpc) is 3.61. The van der Waals surface area contributed by atoms with E-state index in [4.69, 9.17) is 32.8 Å². The maximum atomic E-state index is 14.0. The van der Waals surface area contributed by atoms with E-state index < -0.39 is 107 Å². The molecule has 5 rings (SSSR count). The number of ether oxygens (including phenoxy) is 6. The van der Waals surface area contributed by atoms with Crippen LogP contribution >= 0.6 is 0 Å². The van der Waals surface area contributed by atoms with Crippen molar-refractivity contribution in [1.82, 2.24) is 0 Å². The van der Waals surface area contributed by atoms with Gasteiger partial charge in [-0.3, -0.25) is 14.4 Å². The van der Waals surface area contributed by atoms with Crippen LogP contribution in [0.2, 0.25) is 0 Å². The van der Waals surface area contributed by atoms with E-state index in [9.17, 15) is 34.2 Å². The second-order valence-corrected chi connectivity index (χ2v) is 13.9. The van der Waals surface area contributed by atoms with Gasteiger partial charge in [-0.2, -0.15) is 0 Å². The summed E-state index contributed by atoms with van der Waals surface area (Å²) in [5.74, 6) is -6.50. The van der Waals surface area contributed by atoms with E-state index in [0.29, 0.717) is 0 Å². The van der Waals surface area contributed by atoms with Crippen LogP contribution < -0.4 is 0 Å². The lowest BCUT2D eigenvalue weighted by molar-refractivity contribution is -0.362. The molecule has 14 nitrogen and oxygen atoms in total. The lowest BCUT2D eigenvalue weighted by atomic mass is 9.45. The molecule has 49 heavy (non-hydrogen) atoms. The first-order chi connectivity index (χ1) is 22.9. The van der Waals surface area contributed by atoms with Gasteiger partial charge in [-0.15, -0.1) is 0 Å². The maximum Gasteiger partial charge on any atom is 0.374 e. The quantitative estimate of drug-likeness (QED) is 0.289. The highest BCUT2D eigenvalue weighted by Crippen LogP contribution is 2.69. The number of rotatable bonds is 9. The van der Waals surface area contributed by atoms with Gasteiger partial charge in [0.1, 0.15) is 29.8 Å². The molecule has 1 spiro atoms. The van der Waals surface area contributed by atoms with E-state index in [-0.39, 0.29) is 11.3 Å². The lowest BCUT2D eigenvalue weighted by Crippen LogP contribution is -2.85. The maximum absolute atomic E-state index is 14.0. The number of aliphatic hydroxyl groups excluding tert-OH is 1. The van der Waals surface area contributed by atoms with Gasteiger partial charge in [0.25, 0.3) is 0 Å². The number of esters is 5. The number of carbonyl (C=O) groups is 5. The zero-order valence-electron chi connectivity index (χ0n) is 28.4. The van der Waals surface area contributed by atoms with Crippen LogP contribution in [0.25, 0.3) is 0 Å². The highest BCUT2D eigenvalue weighted by molar-refractivity contribution is 5.90. The Labute approximate surface area is 282 Å². The summed E-state index contributed by atoms with van der Waals surface area (Å²) in [6.45, 7) is 9.02. The van der Waals surface area contributed by atoms with Gasteiger partial charge >= 0.3 is 29.8 Å². The number of carbonyl (C=O) groups excluding carboxylic acids is 5. The molecule has 3 fully saturated rings. The Kier molecular flexibility index (Phi) is 9.47. The summed E-state index contributed by atoms with van der Waals surface area (Å²) in [5, 5.41) is 25.0. The molecule has 2 unspecified atom stereocenters. The molecule has 2 saturated carbocycles. The molecule has 0 amide bonds. The smallest absolute Gasteiger partial charge is 0.374 e. The molecular formula is C35H42O14. The predicted molar refractivity (Wildman–Crippen MR) is 166 cm³/mol. The Morgan fingerprint density at radius 2 is 1.53 bits per heavy atom. The van der Waals surface area contributed by atoms with E-state index in [1.54, 1.807) is 45.9 Å². The van der Waals surface area contributed by atoms with E-state index in [2.05, 4.69) is 0 Å². The molecule has 2 bridgehead atoms. The van der Waals surface area contributed by atoms with Crippen LogP contribution in [0.5, 0.6) is 0 Å². The first-order valence-electron chi connectivity index (χ1n) is 16.0. The van der Waals surface area contributed by atoms with E-state index in [0.717, 1.165) is 13.8 Å². The van der Waals surface area contributed by atoms with Gasteiger partial charge in [0.2, 0.25) is 5.76 Å². The largest absolute Gasteiger partial charge is 0.464 e. The first kappa shape index (κ1) is 36.0. The summed E-state index contributed by atoms with van der Waals surface area (Å²) in [6.07, 6.45) is -7.50. The van der Waals surface area contributed by atoms with Crippen LogP contribution in [-0.2, 0) is 42.8 Å². The third-order valence-electron chi connectivity index (χ3n) is 9.82. The van der Waals surface area contributed by atoms with Crippen LogP contribution in [0.3, 0.4) is 0 Å². The van der Waals surface area contributed by atoms with Gasteiger partial charge in [-0.05, 0) is 45.0 Å². The summed E-state index contributed by atoms with van der Waals surface area (Å²) in [7, 11) is 0. The topological polar surface area (TPSA) is 194 Å². The molecule has 0 radical (unpaired) electrons. The minimum atomic E-state index is -2.30. The minimum Gasteiger partial charge on any atom is -0.464 e. The van der Waals surface area contributed by atoms with Crippen molar-refractivity contribution in [3.8, 4) is 0 Å². The summed E-state index contributed by atoms with van der Waals surface area (Å²) in [6, 6.07) is 10.6. The van der Waals surface area contributed by atoms with Crippen LogP contribution in [0.4, 0.5) is 0 Å². The molecule has 1 aromatic carbocycles. The van der Waals surface area contributed by atoms with Crippen molar-refractivity contribution in [3.63, 3.8) is 0 Å². The van der Waals surface area contributed by atoms with E-state index in [1.165, 1.54) is 37.5 Å². The summed E-state index contributed by atoms with van der Waals surface area (Å²) < 4.78 is 41.8. The van der Waals surface area contributed by atoms with Crippen molar-refractivity contribution in [3.05, 3.63) is 60.1 Å². The Morgan fingerprint density at radius 3 is 2.10 bits per heavy atom. The minimum absolute atomic E-state index is 0.0729. The van der Waals surface area contributed by atoms with E-state index >= 15 is 0 Å². The highest BCUT2D eigenvalue weighted by Gasteiger charge is 2.88. The number of aliphatic hydroxyl groups is 2. The van der Waals surface area contributed by atoms with Crippen LogP contribution in [0.1, 0.15) is 75.8 Å². The second-order valence-electron chi connectivity index (χ2n) is 13.9. The molecule has 2 aliphatic carbocycles. The van der Waals surface area contributed by atoms with Crippen LogP contribution in [-0.4, -0.2) is 94.0 Å². The molecule has 9 atom stereocenters. The van der Waals surface area contributed by atoms with Crippen molar-refractivity contribution in [2.75, 3.05) is 6.61 Å². The van der Waals surface area contributed by atoms with Crippen molar-refractivity contribution < 1.29 is 67.0 Å². The Bertz CT molecular complexity index is 1580. The third-order valence-corrected chi connectivity index (χ3v) is 9.82. The number of benzene rings is 1. The van der Waals surface area contributed by atoms with Gasteiger partial charge in [-0.25, -0.2) is 9.59 Å². The standard InChI is InChI=1S/C35H42O14/c1-18(2)29(39)44-17-34-27(46-20(4)37)23(45-19(3)36)16-33(7,42)35(34)26(38)24(32(5,6)49-35)25(47-31(41)22-14-11-15-43-22)28(34)48-30(40)21-12-9-8-10-13-21/h8-15,18,23-28,38,42H,16-17H2,1-7H3/t23-,24?,25-,26+,27-,28+,33-,34-,35?/m0/s1. The van der Waals surface area contributed by atoms with Crippen molar-refractivity contribution in [2.45, 2.75) is 102 Å². The Hall–Kier alpha value is -4.27. The average molecular weight is 687 g/mol. The molecule has 1 saturated heterocycles. The molecular weight excluding hydrogens is 644 g/mol. The van der Waals surface area contributed by atoms with E-state index in [1.807, 2.05) is 0 Å². The van der Waals surface area contributed by atoms with Crippen molar-refractivity contribution >= 4 is 29.8 Å². The van der Waals surface area contributed by atoms with Crippen molar-refractivity contribution in [1.29, 1.82) is 0 Å². The first-order valence-corrected chi connectivity index (χ1v) is 16.0. The van der Waals surface area contributed by atoms with Gasteiger partial charge in [0.15, 0.2) is 12.2 Å². The Balaban J connectivity index is 1.85. The molecule has 14 heteroatoms. The normalized spacial score (nSPS) is 34.3. The third kappa shape index (κ3) is 5.89. The van der Waals surface area contributed by atoms with Crippen LogP contribution in [0.15, 0.2) is 53.1 Å². The molecule has 2 heterocycles. The zero-order valence-corrected chi connectivity index (χ0v) is 28.4. The predicted octanol–water partition coefficient (Wildman–Crippen LogP) is 2.77. The molecule has 266 valence electrons. The lowest BCUT2D eigenvalue weighted by Gasteiger charge is -2.66. The second kappa shape index (κ2) is 12.9. The Morgan fingerprint density at radius 1 is 0.878 bits per heavy atom. The summed E-state index contributed by atoms with van der Waals surface area (Å²) >= 11 is 0. The highest BCUT2D eigenvalue weighted by atomic mass is 16.6. The number of furan rings is 1. The SMILES string of the molecule is CC(=O)O[C@H]1C[C@](C)(O)C23OC(C)(C)C([C@H]2O)[C@H](OC(=O)c2ccco2)[C@@H](OC(=O)c2ccccc2)[C@]3(COC(=O)C(C)C)[C@H]1OC(C)=O. The monoisotopic (exact) mass is 686 g/mol. The molecule has 1 aliphatic heterocycles. The van der Waals surface area contributed by atoms with Gasteiger partial charge in [0.05, 0.1) is 41.0 Å². The summed E-state index contributed by atoms with van der Waals surface area (Å²) in [5.41, 5.74) is -8.10. The number of hydrogen-bond acceptors (Lipinski definition) is 14. The summed E-state index contributed by atoms with van der Waals surface area (Å²) in [4.78, 5) is 66.2. The fraction of sp³-hybridized carbons (Fsp3) is 0.571. The van der Waals surface area contributed by atoms with Gasteiger partial charge in [0, 0.05) is 20.3 Å². The zero-order chi connectivity index (χ0) is 36.1. The van der Waals surface area contributed by atoms with Gasteiger partial charge in [-0.1, -0.05) is 32.0 Å². The van der Waals surface area contributed by atoms with Crippen LogP contribution in [0, 0.1) is 17.3 Å². The number of hydrogen-bond donors (Lipinski definition) is 2. The fourth-order valence-electron chi connectivity index (χ4n) is 8.05. The molecule has 1 aromatic heterocycles. The van der Waals surface area contributed by atoms with Crippen molar-refractivity contribution in [2.24, 2.45) is 17.3 Å².